The molecule has 0 saturated carbocycles. The maximum absolute atomic E-state index is 3.54. The van der Waals surface area contributed by atoms with Gasteiger partial charge in [0, 0.05) is 44.5 Å². The van der Waals surface area contributed by atoms with E-state index >= 15 is 0 Å². The molecule has 98 valence electrons. The number of benzene rings is 1. The number of anilines is 1. The molecular weight excluding hydrogens is 222 g/mol. The van der Waals surface area contributed by atoms with E-state index in [0.29, 0.717) is 6.04 Å². The highest BCUT2D eigenvalue weighted by atomic mass is 15.3. The first-order chi connectivity index (χ1) is 8.74. The van der Waals surface area contributed by atoms with E-state index in [0.717, 1.165) is 13.1 Å². The van der Waals surface area contributed by atoms with E-state index in [1.165, 1.54) is 42.9 Å². The molecule has 0 amide bonds. The van der Waals surface area contributed by atoms with Crippen LogP contribution in [0.5, 0.6) is 0 Å². The molecule has 18 heavy (non-hydrogen) atoms. The molecule has 2 heterocycles. The smallest absolute Gasteiger partial charge is 0.0419 e. The fourth-order valence-corrected chi connectivity index (χ4v) is 3.17. The molecule has 0 aromatic heterocycles. The van der Waals surface area contributed by atoms with Crippen LogP contribution in [0, 0.1) is 0 Å². The zero-order chi connectivity index (χ0) is 12.5. The van der Waals surface area contributed by atoms with Crippen molar-refractivity contribution in [3.8, 4) is 0 Å². The number of nitrogens with zero attached hydrogens (tertiary/aromatic N) is 2. The van der Waals surface area contributed by atoms with Gasteiger partial charge in [0.05, 0.1) is 0 Å². The van der Waals surface area contributed by atoms with Crippen molar-refractivity contribution in [2.75, 3.05) is 38.5 Å². The molecule has 0 aliphatic carbocycles. The minimum atomic E-state index is 0.654. The van der Waals surface area contributed by atoms with Crippen molar-refractivity contribution < 1.29 is 0 Å². The Kier molecular flexibility index (Phi) is 3.27. The van der Waals surface area contributed by atoms with Gasteiger partial charge in [0.15, 0.2) is 0 Å². The highest BCUT2D eigenvalue weighted by molar-refractivity contribution is 5.61. The molecule has 2 aliphatic heterocycles. The number of rotatable bonds is 2. The van der Waals surface area contributed by atoms with Gasteiger partial charge in [0.1, 0.15) is 0 Å². The number of hydrogen-bond donors (Lipinski definition) is 1. The van der Waals surface area contributed by atoms with E-state index in [1.54, 1.807) is 0 Å². The van der Waals surface area contributed by atoms with E-state index in [1.807, 2.05) is 0 Å². The summed E-state index contributed by atoms with van der Waals surface area (Å²) in [7, 11) is 2.22. The number of likely N-dealkylation sites (N-methyl/N-ethyl adjacent to an activating group) is 1. The summed E-state index contributed by atoms with van der Waals surface area (Å²) in [5, 5.41) is 3.54. The van der Waals surface area contributed by atoms with Crippen molar-refractivity contribution >= 4 is 5.69 Å². The van der Waals surface area contributed by atoms with Crippen molar-refractivity contribution in [2.45, 2.75) is 25.9 Å². The molecule has 0 radical (unpaired) electrons. The van der Waals surface area contributed by atoms with Crippen molar-refractivity contribution in [2.24, 2.45) is 0 Å². The largest absolute Gasteiger partial charge is 0.384 e. The van der Waals surface area contributed by atoms with E-state index < -0.39 is 0 Å². The molecule has 0 spiro atoms. The Balaban J connectivity index is 1.75. The van der Waals surface area contributed by atoms with Crippen LogP contribution in [0.2, 0.25) is 0 Å². The van der Waals surface area contributed by atoms with E-state index in [2.05, 4.69) is 47.3 Å². The standard InChI is InChI=1S/C15H23N3/c1-12-10-17(2)8-9-18(12)11-14-5-3-4-13-6-7-16-15(13)14/h3-5,12,16H,6-11H2,1-2H3. The highest BCUT2D eigenvalue weighted by Crippen LogP contribution is 2.28. The van der Waals surface area contributed by atoms with Gasteiger partial charge in [0.25, 0.3) is 0 Å². The number of para-hydroxylation sites is 1. The fourth-order valence-electron chi connectivity index (χ4n) is 3.17. The lowest BCUT2D eigenvalue weighted by Gasteiger charge is -2.38. The highest BCUT2D eigenvalue weighted by Gasteiger charge is 2.23. The molecule has 3 heteroatoms. The second-order valence-electron chi connectivity index (χ2n) is 5.71. The quantitative estimate of drug-likeness (QED) is 0.857. The van der Waals surface area contributed by atoms with Gasteiger partial charge < -0.3 is 10.2 Å². The summed E-state index contributed by atoms with van der Waals surface area (Å²) < 4.78 is 0. The van der Waals surface area contributed by atoms with Crippen molar-refractivity contribution in [1.82, 2.24) is 9.80 Å². The number of piperazine rings is 1. The van der Waals surface area contributed by atoms with Gasteiger partial charge in [-0.2, -0.15) is 0 Å². The van der Waals surface area contributed by atoms with Crippen LogP contribution in [0.15, 0.2) is 18.2 Å². The van der Waals surface area contributed by atoms with Crippen LogP contribution in [0.1, 0.15) is 18.1 Å². The van der Waals surface area contributed by atoms with Gasteiger partial charge in [-0.1, -0.05) is 18.2 Å². The van der Waals surface area contributed by atoms with Crippen molar-refractivity contribution in [3.05, 3.63) is 29.3 Å². The molecule has 3 nitrogen and oxygen atoms in total. The molecular formula is C15H23N3. The Morgan fingerprint density at radius 2 is 2.22 bits per heavy atom. The first-order valence-electron chi connectivity index (χ1n) is 7.01. The summed E-state index contributed by atoms with van der Waals surface area (Å²) in [5.41, 5.74) is 4.37. The first kappa shape index (κ1) is 12.0. The second kappa shape index (κ2) is 4.90. The molecule has 1 aromatic carbocycles. The molecule has 1 aromatic rings. The fraction of sp³-hybridized carbons (Fsp3) is 0.600. The Bertz CT molecular complexity index is 430. The summed E-state index contributed by atoms with van der Waals surface area (Å²) in [5.74, 6) is 0. The molecule has 3 rings (SSSR count). The van der Waals surface area contributed by atoms with Gasteiger partial charge >= 0.3 is 0 Å². The Hall–Kier alpha value is -1.06. The van der Waals surface area contributed by atoms with Crippen LogP contribution in [-0.4, -0.2) is 49.1 Å². The third-order valence-electron chi connectivity index (χ3n) is 4.27. The lowest BCUT2D eigenvalue weighted by Crippen LogP contribution is -2.49. The molecule has 1 saturated heterocycles. The van der Waals surface area contributed by atoms with E-state index in [9.17, 15) is 0 Å². The van der Waals surface area contributed by atoms with Gasteiger partial charge in [0.2, 0.25) is 0 Å². The SMILES string of the molecule is CC1CN(C)CCN1Cc1cccc2c1NCC2. The van der Waals surface area contributed by atoms with Crippen LogP contribution in [0.3, 0.4) is 0 Å². The van der Waals surface area contributed by atoms with Crippen LogP contribution in [0.25, 0.3) is 0 Å². The van der Waals surface area contributed by atoms with Gasteiger partial charge in [-0.3, -0.25) is 4.90 Å². The zero-order valence-corrected chi connectivity index (χ0v) is 11.4. The summed E-state index contributed by atoms with van der Waals surface area (Å²) in [6, 6.07) is 7.40. The van der Waals surface area contributed by atoms with Crippen molar-refractivity contribution in [1.29, 1.82) is 0 Å². The topological polar surface area (TPSA) is 18.5 Å². The molecule has 2 aliphatic rings. The van der Waals surface area contributed by atoms with E-state index in [-0.39, 0.29) is 0 Å². The van der Waals surface area contributed by atoms with Crippen LogP contribution >= 0.6 is 0 Å². The van der Waals surface area contributed by atoms with Crippen molar-refractivity contribution in [3.63, 3.8) is 0 Å². The third kappa shape index (κ3) is 2.25. The third-order valence-corrected chi connectivity index (χ3v) is 4.27. The predicted molar refractivity (Wildman–Crippen MR) is 76.0 cm³/mol. The number of nitrogens with one attached hydrogen (secondary N) is 1. The second-order valence-corrected chi connectivity index (χ2v) is 5.71. The van der Waals surface area contributed by atoms with Gasteiger partial charge in [-0.15, -0.1) is 0 Å². The maximum Gasteiger partial charge on any atom is 0.0419 e. The van der Waals surface area contributed by atoms with E-state index in [4.69, 9.17) is 0 Å². The average molecular weight is 245 g/mol. The van der Waals surface area contributed by atoms with Crippen LogP contribution in [-0.2, 0) is 13.0 Å². The Morgan fingerprint density at radius 1 is 1.33 bits per heavy atom. The molecule has 0 bridgehead atoms. The van der Waals surface area contributed by atoms with Crippen LogP contribution < -0.4 is 5.32 Å². The normalized spacial score (nSPS) is 24.9. The zero-order valence-electron chi connectivity index (χ0n) is 11.4. The summed E-state index contributed by atoms with van der Waals surface area (Å²) in [6.07, 6.45) is 1.18. The lowest BCUT2D eigenvalue weighted by atomic mass is 10.1. The average Bonchev–Trinajstić information content (AvgIpc) is 2.82. The van der Waals surface area contributed by atoms with Crippen LogP contribution in [0.4, 0.5) is 5.69 Å². The number of fused-ring (bicyclic) bond motifs is 1. The monoisotopic (exact) mass is 245 g/mol. The maximum atomic E-state index is 3.54. The summed E-state index contributed by atoms with van der Waals surface area (Å²) >= 11 is 0. The Morgan fingerprint density at radius 3 is 3.06 bits per heavy atom. The molecule has 1 unspecified atom stereocenters. The molecule has 1 N–H and O–H groups in total. The minimum absolute atomic E-state index is 0.654. The number of hydrogen-bond acceptors (Lipinski definition) is 3. The summed E-state index contributed by atoms with van der Waals surface area (Å²) in [4.78, 5) is 5.03. The molecule has 1 fully saturated rings. The van der Waals surface area contributed by atoms with Gasteiger partial charge in [-0.25, -0.2) is 0 Å². The summed E-state index contributed by atoms with van der Waals surface area (Å²) in [6.45, 7) is 8.08. The lowest BCUT2D eigenvalue weighted by molar-refractivity contribution is 0.0940. The minimum Gasteiger partial charge on any atom is -0.384 e. The predicted octanol–water partition coefficient (Wildman–Crippen LogP) is 1.79. The van der Waals surface area contributed by atoms with Gasteiger partial charge in [-0.05, 0) is 31.5 Å². The first-order valence-corrected chi connectivity index (χ1v) is 7.01. The molecule has 1 atom stereocenters. The Labute approximate surface area is 110 Å².